The third kappa shape index (κ3) is 7.28. The first-order valence-electron chi connectivity index (χ1n) is 10.8. The lowest BCUT2D eigenvalue weighted by Crippen LogP contribution is -2.33. The number of hydrogen-bond donors (Lipinski definition) is 1. The summed E-state index contributed by atoms with van der Waals surface area (Å²) in [6.07, 6.45) is 0.487. The van der Waals surface area contributed by atoms with Crippen LogP contribution < -0.4 is 19.6 Å². The van der Waals surface area contributed by atoms with Gasteiger partial charge in [0.15, 0.2) is 17.6 Å². The molecule has 0 fully saturated rings. The van der Waals surface area contributed by atoms with Crippen LogP contribution in [0.2, 0.25) is 5.02 Å². The van der Waals surface area contributed by atoms with Gasteiger partial charge in [-0.2, -0.15) is 5.10 Å². The third-order valence-electron chi connectivity index (χ3n) is 4.67. The summed E-state index contributed by atoms with van der Waals surface area (Å²) in [5.74, 6) is -0.239. The molecule has 1 atom stereocenters. The second-order valence-electron chi connectivity index (χ2n) is 7.28. The van der Waals surface area contributed by atoms with E-state index in [1.807, 2.05) is 0 Å². The Balaban J connectivity index is 1.60. The van der Waals surface area contributed by atoms with Gasteiger partial charge in [0.05, 0.1) is 23.3 Å². The number of rotatable bonds is 10. The summed E-state index contributed by atoms with van der Waals surface area (Å²) < 4.78 is 16.5. The summed E-state index contributed by atoms with van der Waals surface area (Å²) in [5, 5.41) is 15.1. The van der Waals surface area contributed by atoms with Crippen molar-refractivity contribution in [2.45, 2.75) is 20.0 Å². The number of hydrogen-bond acceptors (Lipinski definition) is 8. The Labute approximate surface area is 211 Å². The lowest BCUT2D eigenvalue weighted by Gasteiger charge is -2.13. The molecule has 0 heterocycles. The summed E-state index contributed by atoms with van der Waals surface area (Å²) in [6, 6.07) is 16.5. The van der Waals surface area contributed by atoms with Crippen LogP contribution in [0.3, 0.4) is 0 Å². The number of esters is 1. The zero-order valence-corrected chi connectivity index (χ0v) is 20.1. The molecule has 0 saturated carbocycles. The lowest BCUT2D eigenvalue weighted by molar-refractivity contribution is -0.384. The maximum atomic E-state index is 12.4. The zero-order valence-electron chi connectivity index (χ0n) is 19.3. The molecule has 0 aliphatic carbocycles. The highest BCUT2D eigenvalue weighted by Gasteiger charge is 2.16. The molecule has 36 heavy (non-hydrogen) atoms. The second-order valence-corrected chi connectivity index (χ2v) is 7.72. The van der Waals surface area contributed by atoms with Crippen molar-refractivity contribution < 1.29 is 28.7 Å². The maximum Gasteiger partial charge on any atom is 0.343 e. The van der Waals surface area contributed by atoms with Gasteiger partial charge in [0.2, 0.25) is 0 Å². The molecule has 0 aliphatic heterocycles. The van der Waals surface area contributed by atoms with E-state index in [0.717, 1.165) is 0 Å². The summed E-state index contributed by atoms with van der Waals surface area (Å²) in [6.45, 7) is 3.64. The summed E-state index contributed by atoms with van der Waals surface area (Å²) in [7, 11) is 0. The monoisotopic (exact) mass is 511 g/mol. The van der Waals surface area contributed by atoms with Crippen molar-refractivity contribution in [1.82, 2.24) is 5.43 Å². The SMILES string of the molecule is CCOc1cc(C=NNC(=O)C(C)Oc2ccc([N+](=O)[O-])cc2)ccc1OC(=O)c1ccc(Cl)cc1. The highest BCUT2D eigenvalue weighted by Crippen LogP contribution is 2.29. The van der Waals surface area contributed by atoms with E-state index in [9.17, 15) is 19.7 Å². The van der Waals surface area contributed by atoms with E-state index in [4.69, 9.17) is 25.8 Å². The van der Waals surface area contributed by atoms with Gasteiger partial charge in [-0.15, -0.1) is 0 Å². The maximum absolute atomic E-state index is 12.4. The van der Waals surface area contributed by atoms with Crippen molar-refractivity contribution in [3.05, 3.63) is 93.0 Å². The fourth-order valence-electron chi connectivity index (χ4n) is 2.87. The minimum atomic E-state index is -0.905. The molecule has 10 nitrogen and oxygen atoms in total. The molecule has 3 aromatic carbocycles. The predicted octanol–water partition coefficient (Wildman–Crippen LogP) is 4.78. The van der Waals surface area contributed by atoms with Crippen molar-refractivity contribution in [2.75, 3.05) is 6.61 Å². The first-order chi connectivity index (χ1) is 17.3. The number of hydrazone groups is 1. The van der Waals surface area contributed by atoms with Crippen molar-refractivity contribution in [3.8, 4) is 17.2 Å². The molecular formula is C25H22ClN3O7. The number of nitrogens with one attached hydrogen (secondary N) is 1. The van der Waals surface area contributed by atoms with Crippen LogP contribution in [0.5, 0.6) is 17.2 Å². The van der Waals surface area contributed by atoms with Gasteiger partial charge >= 0.3 is 5.97 Å². The normalized spacial score (nSPS) is 11.5. The minimum Gasteiger partial charge on any atom is -0.490 e. The summed E-state index contributed by atoms with van der Waals surface area (Å²) >= 11 is 5.85. The van der Waals surface area contributed by atoms with Gasteiger partial charge in [0.25, 0.3) is 11.6 Å². The predicted molar refractivity (Wildman–Crippen MR) is 133 cm³/mol. The number of carbonyl (C=O) groups is 2. The molecule has 0 saturated heterocycles. The number of benzene rings is 3. The molecule has 1 N–H and O–H groups in total. The number of nitro benzene ring substituents is 1. The number of nitrogens with zero attached hydrogens (tertiary/aromatic N) is 2. The summed E-state index contributed by atoms with van der Waals surface area (Å²) in [4.78, 5) is 34.9. The van der Waals surface area contributed by atoms with E-state index in [1.54, 1.807) is 49.4 Å². The van der Waals surface area contributed by atoms with E-state index in [0.29, 0.717) is 34.3 Å². The van der Waals surface area contributed by atoms with Crippen LogP contribution >= 0.6 is 11.6 Å². The second kappa shape index (κ2) is 12.3. The first kappa shape index (κ1) is 26.2. The van der Waals surface area contributed by atoms with E-state index in [-0.39, 0.29) is 11.4 Å². The van der Waals surface area contributed by atoms with Crippen LogP contribution in [0.1, 0.15) is 29.8 Å². The van der Waals surface area contributed by atoms with Crippen molar-refractivity contribution >= 4 is 35.4 Å². The Morgan fingerprint density at radius 3 is 2.42 bits per heavy atom. The molecular weight excluding hydrogens is 490 g/mol. The Morgan fingerprint density at radius 2 is 1.78 bits per heavy atom. The fourth-order valence-corrected chi connectivity index (χ4v) is 2.99. The van der Waals surface area contributed by atoms with Crippen LogP contribution in [-0.4, -0.2) is 35.7 Å². The molecule has 1 unspecified atom stereocenters. The molecule has 3 rings (SSSR count). The highest BCUT2D eigenvalue weighted by atomic mass is 35.5. The zero-order chi connectivity index (χ0) is 26.1. The van der Waals surface area contributed by atoms with Crippen LogP contribution in [-0.2, 0) is 4.79 Å². The number of halogens is 1. The molecule has 11 heteroatoms. The Bertz CT molecular complexity index is 1260. The van der Waals surface area contributed by atoms with Crippen molar-refractivity contribution in [1.29, 1.82) is 0 Å². The Hall–Kier alpha value is -4.44. The number of carbonyl (C=O) groups excluding carboxylic acids is 2. The summed E-state index contributed by atoms with van der Waals surface area (Å²) in [5.41, 5.74) is 3.19. The van der Waals surface area contributed by atoms with Crippen LogP contribution in [0.25, 0.3) is 0 Å². The fraction of sp³-hybridized carbons (Fsp3) is 0.160. The molecule has 0 spiro atoms. The van der Waals surface area contributed by atoms with Gasteiger partial charge < -0.3 is 14.2 Å². The van der Waals surface area contributed by atoms with Gasteiger partial charge in [-0.3, -0.25) is 14.9 Å². The third-order valence-corrected chi connectivity index (χ3v) is 4.92. The van der Waals surface area contributed by atoms with Gasteiger partial charge in [-0.1, -0.05) is 11.6 Å². The minimum absolute atomic E-state index is 0.0822. The first-order valence-corrected chi connectivity index (χ1v) is 11.1. The largest absolute Gasteiger partial charge is 0.490 e. The van der Waals surface area contributed by atoms with Crippen LogP contribution in [0.4, 0.5) is 5.69 Å². The Morgan fingerprint density at radius 1 is 1.08 bits per heavy atom. The lowest BCUT2D eigenvalue weighted by atomic mass is 10.2. The number of non-ortho nitro benzene ring substituents is 1. The molecule has 186 valence electrons. The van der Waals surface area contributed by atoms with Gasteiger partial charge in [0, 0.05) is 17.2 Å². The van der Waals surface area contributed by atoms with Crippen LogP contribution in [0, 0.1) is 10.1 Å². The van der Waals surface area contributed by atoms with E-state index in [1.165, 1.54) is 37.4 Å². The molecule has 0 radical (unpaired) electrons. The standard InChI is InChI=1S/C25H22ClN3O7/c1-3-34-23-14-17(4-13-22(23)36-25(31)18-5-7-19(26)8-6-18)15-27-28-24(30)16(2)35-21-11-9-20(10-12-21)29(32)33/h4-16H,3H2,1-2H3,(H,28,30). The molecule has 0 bridgehead atoms. The molecule has 0 aliphatic rings. The van der Waals surface area contributed by atoms with Gasteiger partial charge in [0.1, 0.15) is 5.75 Å². The average molecular weight is 512 g/mol. The molecule has 0 aromatic heterocycles. The number of nitro groups is 1. The van der Waals surface area contributed by atoms with Crippen molar-refractivity contribution in [2.24, 2.45) is 5.10 Å². The quantitative estimate of drug-likeness (QED) is 0.136. The van der Waals surface area contributed by atoms with Gasteiger partial charge in [-0.05, 0) is 74.0 Å². The molecule has 1 amide bonds. The average Bonchev–Trinajstić information content (AvgIpc) is 2.86. The van der Waals surface area contributed by atoms with E-state index < -0.39 is 22.9 Å². The molecule has 3 aromatic rings. The van der Waals surface area contributed by atoms with Gasteiger partial charge in [-0.25, -0.2) is 10.2 Å². The highest BCUT2D eigenvalue weighted by molar-refractivity contribution is 6.30. The smallest absolute Gasteiger partial charge is 0.343 e. The topological polar surface area (TPSA) is 129 Å². The van der Waals surface area contributed by atoms with Crippen LogP contribution in [0.15, 0.2) is 71.8 Å². The van der Waals surface area contributed by atoms with E-state index >= 15 is 0 Å². The number of amides is 1. The number of ether oxygens (including phenoxy) is 3. The van der Waals surface area contributed by atoms with Crippen molar-refractivity contribution in [3.63, 3.8) is 0 Å². The Kier molecular flexibility index (Phi) is 8.95. The van der Waals surface area contributed by atoms with E-state index in [2.05, 4.69) is 10.5 Å².